The minimum Gasteiger partial charge on any atom is -0.274 e. The number of hydrogen-bond donors (Lipinski definition) is 0. The van der Waals surface area contributed by atoms with Crippen LogP contribution < -0.4 is 0 Å². The van der Waals surface area contributed by atoms with Gasteiger partial charge in [0, 0.05) is 18.5 Å². The van der Waals surface area contributed by atoms with E-state index < -0.39 is 11.9 Å². The number of amides is 2. The van der Waals surface area contributed by atoms with Crippen molar-refractivity contribution in [2.45, 2.75) is 17.8 Å². The molecular formula is C16H12F3N3O2S. The standard InChI is InChI=1S/C16H12F3N3O2S/c17-16(18,19)12-6-7-20-15(21-12)25-9-3-8-22-13(23)10-4-1-2-5-11(10)14(22)24/h1-2,4-7H,3,8-9H2. The van der Waals surface area contributed by atoms with Crippen molar-refractivity contribution < 1.29 is 22.8 Å². The molecule has 0 aliphatic carbocycles. The lowest BCUT2D eigenvalue weighted by atomic mass is 10.1. The van der Waals surface area contributed by atoms with E-state index in [1.807, 2.05) is 0 Å². The highest BCUT2D eigenvalue weighted by Gasteiger charge is 2.34. The van der Waals surface area contributed by atoms with Crippen molar-refractivity contribution in [2.75, 3.05) is 12.3 Å². The average Bonchev–Trinajstić information content (AvgIpc) is 2.83. The van der Waals surface area contributed by atoms with Gasteiger partial charge < -0.3 is 0 Å². The van der Waals surface area contributed by atoms with Crippen LogP contribution in [0.3, 0.4) is 0 Å². The predicted octanol–water partition coefficient (Wildman–Crippen LogP) is 3.27. The summed E-state index contributed by atoms with van der Waals surface area (Å²) in [6, 6.07) is 7.38. The first kappa shape index (κ1) is 17.4. The van der Waals surface area contributed by atoms with Gasteiger partial charge in [-0.25, -0.2) is 9.97 Å². The van der Waals surface area contributed by atoms with Gasteiger partial charge in [0.15, 0.2) is 5.16 Å². The number of benzene rings is 1. The fourth-order valence-corrected chi connectivity index (χ4v) is 3.15. The second kappa shape index (κ2) is 6.83. The van der Waals surface area contributed by atoms with Gasteiger partial charge in [0.1, 0.15) is 5.69 Å². The molecule has 1 aliphatic heterocycles. The van der Waals surface area contributed by atoms with Crippen LogP contribution in [0.15, 0.2) is 41.7 Å². The van der Waals surface area contributed by atoms with E-state index in [4.69, 9.17) is 0 Å². The molecule has 0 spiro atoms. The van der Waals surface area contributed by atoms with Crippen molar-refractivity contribution in [3.05, 3.63) is 53.3 Å². The number of halogens is 3. The van der Waals surface area contributed by atoms with Crippen LogP contribution in [0, 0.1) is 0 Å². The van der Waals surface area contributed by atoms with Crippen LogP contribution in [-0.2, 0) is 6.18 Å². The molecule has 0 atom stereocenters. The lowest BCUT2D eigenvalue weighted by Crippen LogP contribution is -2.31. The first-order valence-corrected chi connectivity index (χ1v) is 8.35. The summed E-state index contributed by atoms with van der Waals surface area (Å²) < 4.78 is 37.8. The SMILES string of the molecule is O=C1c2ccccc2C(=O)N1CCCSc1nccc(C(F)(F)F)n1. The molecule has 1 aliphatic rings. The van der Waals surface area contributed by atoms with E-state index in [0.29, 0.717) is 23.3 Å². The summed E-state index contributed by atoms with van der Waals surface area (Å²) in [7, 11) is 0. The second-order valence-electron chi connectivity index (χ2n) is 5.23. The minimum atomic E-state index is -4.52. The summed E-state index contributed by atoms with van der Waals surface area (Å²) in [4.78, 5) is 32.7. The van der Waals surface area contributed by atoms with E-state index in [2.05, 4.69) is 9.97 Å². The highest BCUT2D eigenvalue weighted by atomic mass is 32.2. The van der Waals surface area contributed by atoms with Crippen LogP contribution >= 0.6 is 11.8 Å². The lowest BCUT2D eigenvalue weighted by Gasteiger charge is -2.13. The Kier molecular flexibility index (Phi) is 4.76. The summed E-state index contributed by atoms with van der Waals surface area (Å²) >= 11 is 1.05. The van der Waals surface area contributed by atoms with E-state index in [0.717, 1.165) is 28.9 Å². The maximum Gasteiger partial charge on any atom is 0.433 e. The van der Waals surface area contributed by atoms with Gasteiger partial charge in [0.25, 0.3) is 11.8 Å². The quantitative estimate of drug-likeness (QED) is 0.351. The molecule has 2 aromatic rings. The minimum absolute atomic E-state index is 0.0113. The van der Waals surface area contributed by atoms with Crippen molar-refractivity contribution in [1.29, 1.82) is 0 Å². The van der Waals surface area contributed by atoms with Gasteiger partial charge in [-0.3, -0.25) is 14.5 Å². The van der Waals surface area contributed by atoms with Crippen LogP contribution in [0.5, 0.6) is 0 Å². The topological polar surface area (TPSA) is 63.2 Å². The van der Waals surface area contributed by atoms with Gasteiger partial charge >= 0.3 is 6.18 Å². The number of thioether (sulfide) groups is 1. The third kappa shape index (κ3) is 3.65. The zero-order valence-electron chi connectivity index (χ0n) is 12.8. The van der Waals surface area contributed by atoms with Gasteiger partial charge in [-0.15, -0.1) is 0 Å². The summed E-state index contributed by atoms with van der Waals surface area (Å²) in [5, 5.41) is 0.0113. The first-order chi connectivity index (χ1) is 11.9. The molecule has 2 amide bonds. The Morgan fingerprint density at radius 3 is 2.28 bits per heavy atom. The number of alkyl halides is 3. The van der Waals surface area contributed by atoms with Gasteiger partial charge in [0.05, 0.1) is 11.1 Å². The lowest BCUT2D eigenvalue weighted by molar-refractivity contribution is -0.141. The summed E-state index contributed by atoms with van der Waals surface area (Å²) in [5.41, 5.74) is -0.243. The molecule has 130 valence electrons. The Balaban J connectivity index is 1.55. The molecule has 25 heavy (non-hydrogen) atoms. The van der Waals surface area contributed by atoms with E-state index in [-0.39, 0.29) is 23.5 Å². The van der Waals surface area contributed by atoms with Crippen molar-refractivity contribution in [3.63, 3.8) is 0 Å². The van der Waals surface area contributed by atoms with Crippen LogP contribution in [0.25, 0.3) is 0 Å². The van der Waals surface area contributed by atoms with Crippen molar-refractivity contribution in [2.24, 2.45) is 0 Å². The summed E-state index contributed by atoms with van der Waals surface area (Å²) in [5.74, 6) is -0.309. The fourth-order valence-electron chi connectivity index (χ4n) is 2.40. The Bertz CT molecular complexity index is 791. The number of aromatic nitrogens is 2. The zero-order chi connectivity index (χ0) is 18.0. The average molecular weight is 367 g/mol. The molecule has 0 saturated carbocycles. The second-order valence-corrected chi connectivity index (χ2v) is 6.29. The molecule has 5 nitrogen and oxygen atoms in total. The molecule has 0 bridgehead atoms. The molecule has 0 radical (unpaired) electrons. The first-order valence-electron chi connectivity index (χ1n) is 7.36. The Labute approximate surface area is 145 Å². The highest BCUT2D eigenvalue weighted by molar-refractivity contribution is 7.99. The number of rotatable bonds is 5. The molecule has 9 heteroatoms. The number of nitrogens with zero attached hydrogens (tertiary/aromatic N) is 3. The molecule has 1 aromatic heterocycles. The van der Waals surface area contributed by atoms with Crippen molar-refractivity contribution >= 4 is 23.6 Å². The number of imide groups is 1. The van der Waals surface area contributed by atoms with Gasteiger partial charge in [-0.05, 0) is 24.6 Å². The molecule has 0 N–H and O–H groups in total. The van der Waals surface area contributed by atoms with E-state index >= 15 is 0 Å². The molecule has 0 saturated heterocycles. The summed E-state index contributed by atoms with van der Waals surface area (Å²) in [6.07, 6.45) is -3.03. The molecule has 2 heterocycles. The third-order valence-corrected chi connectivity index (χ3v) is 4.51. The predicted molar refractivity (Wildman–Crippen MR) is 84.2 cm³/mol. The maximum absolute atomic E-state index is 12.6. The zero-order valence-corrected chi connectivity index (χ0v) is 13.6. The van der Waals surface area contributed by atoms with Crippen LogP contribution in [0.4, 0.5) is 13.2 Å². The van der Waals surface area contributed by atoms with E-state index in [1.165, 1.54) is 0 Å². The highest BCUT2D eigenvalue weighted by Crippen LogP contribution is 2.28. The van der Waals surface area contributed by atoms with Crippen molar-refractivity contribution in [3.8, 4) is 0 Å². The van der Waals surface area contributed by atoms with Crippen molar-refractivity contribution in [1.82, 2.24) is 14.9 Å². The fraction of sp³-hybridized carbons (Fsp3) is 0.250. The molecule has 0 unspecified atom stereocenters. The van der Waals surface area contributed by atoms with E-state index in [9.17, 15) is 22.8 Å². The third-order valence-electron chi connectivity index (χ3n) is 3.56. The Morgan fingerprint density at radius 2 is 1.68 bits per heavy atom. The molecule has 0 fully saturated rings. The van der Waals surface area contributed by atoms with Crippen LogP contribution in [0.1, 0.15) is 32.8 Å². The number of fused-ring (bicyclic) bond motifs is 1. The van der Waals surface area contributed by atoms with Gasteiger partial charge in [-0.1, -0.05) is 23.9 Å². The monoisotopic (exact) mass is 367 g/mol. The largest absolute Gasteiger partial charge is 0.433 e. The number of hydrogen-bond acceptors (Lipinski definition) is 5. The van der Waals surface area contributed by atoms with Gasteiger partial charge in [0.2, 0.25) is 0 Å². The summed E-state index contributed by atoms with van der Waals surface area (Å²) in [6.45, 7) is 0.193. The molecule has 3 rings (SSSR count). The van der Waals surface area contributed by atoms with Gasteiger partial charge in [-0.2, -0.15) is 13.2 Å². The van der Waals surface area contributed by atoms with Crippen LogP contribution in [-0.4, -0.2) is 39.0 Å². The number of carbonyl (C=O) groups excluding carboxylic acids is 2. The van der Waals surface area contributed by atoms with Crippen LogP contribution in [0.2, 0.25) is 0 Å². The Hall–Kier alpha value is -2.42. The maximum atomic E-state index is 12.6. The Morgan fingerprint density at radius 1 is 1.04 bits per heavy atom. The normalized spacial score (nSPS) is 14.1. The smallest absolute Gasteiger partial charge is 0.274 e. The molecule has 1 aromatic carbocycles. The number of carbonyl (C=O) groups is 2. The molecular weight excluding hydrogens is 355 g/mol. The van der Waals surface area contributed by atoms with E-state index in [1.54, 1.807) is 24.3 Å².